The molecule has 0 aromatic heterocycles. The number of thioether (sulfide) groups is 1. The molecule has 0 aliphatic heterocycles. The molecular formula is C12H12F2OS. The first-order chi connectivity index (χ1) is 7.52. The van der Waals surface area contributed by atoms with Gasteiger partial charge in [0.05, 0.1) is 0 Å². The molecule has 0 radical (unpaired) electrons. The molecule has 0 saturated carbocycles. The van der Waals surface area contributed by atoms with Crippen LogP contribution in [0.2, 0.25) is 0 Å². The Morgan fingerprint density at radius 1 is 1.44 bits per heavy atom. The average molecular weight is 242 g/mol. The lowest BCUT2D eigenvalue weighted by atomic mass is 10.1. The fourth-order valence-electron chi connectivity index (χ4n) is 1.16. The van der Waals surface area contributed by atoms with Crippen molar-refractivity contribution in [2.75, 3.05) is 5.75 Å². The number of carbonyl (C=O) groups is 1. The number of carbonyl (C=O) groups excluding carboxylic acids is 1. The predicted molar refractivity (Wildman–Crippen MR) is 63.3 cm³/mol. The molecule has 0 atom stereocenters. The number of hydrogen-bond acceptors (Lipinski definition) is 2. The lowest BCUT2D eigenvalue weighted by Gasteiger charge is -2.02. The Morgan fingerprint density at radius 3 is 2.75 bits per heavy atom. The molecule has 16 heavy (non-hydrogen) atoms. The number of halogens is 2. The van der Waals surface area contributed by atoms with E-state index in [1.54, 1.807) is 13.0 Å². The zero-order valence-electron chi connectivity index (χ0n) is 9.09. The molecule has 1 nitrogen and oxygen atoms in total. The highest BCUT2D eigenvalue weighted by Crippen LogP contribution is 2.18. The van der Waals surface area contributed by atoms with Crippen molar-refractivity contribution in [1.82, 2.24) is 0 Å². The third-order valence-corrected chi connectivity index (χ3v) is 2.75. The van der Waals surface area contributed by atoms with Gasteiger partial charge < -0.3 is 0 Å². The number of benzene rings is 1. The molecule has 0 amide bonds. The second-order valence-electron chi connectivity index (χ2n) is 3.30. The minimum atomic E-state index is -0.591. The lowest BCUT2D eigenvalue weighted by Crippen LogP contribution is -1.92. The Labute approximate surface area is 97.5 Å². The Kier molecular flexibility index (Phi) is 4.68. The van der Waals surface area contributed by atoms with Gasteiger partial charge in [0.1, 0.15) is 11.6 Å². The first-order valence-electron chi connectivity index (χ1n) is 4.77. The highest BCUT2D eigenvalue weighted by atomic mass is 32.2. The van der Waals surface area contributed by atoms with Crippen LogP contribution < -0.4 is 0 Å². The molecule has 4 heteroatoms. The summed E-state index contributed by atoms with van der Waals surface area (Å²) in [4.78, 5) is 10.6. The van der Waals surface area contributed by atoms with Gasteiger partial charge in [-0.1, -0.05) is 30.0 Å². The third-order valence-electron chi connectivity index (χ3n) is 1.99. The van der Waals surface area contributed by atoms with Gasteiger partial charge in [-0.2, -0.15) is 0 Å². The van der Waals surface area contributed by atoms with Gasteiger partial charge in [-0.25, -0.2) is 8.78 Å². The summed E-state index contributed by atoms with van der Waals surface area (Å²) in [5.41, 5.74) is 0.351. The number of hydrogen-bond donors (Lipinski definition) is 0. The van der Waals surface area contributed by atoms with Crippen LogP contribution in [0.1, 0.15) is 18.1 Å². The second-order valence-corrected chi connectivity index (χ2v) is 4.49. The monoisotopic (exact) mass is 242 g/mol. The zero-order chi connectivity index (χ0) is 12.1. The maximum absolute atomic E-state index is 13.5. The highest BCUT2D eigenvalue weighted by Gasteiger charge is 2.07. The van der Waals surface area contributed by atoms with E-state index in [0.29, 0.717) is 11.3 Å². The van der Waals surface area contributed by atoms with Crippen molar-refractivity contribution in [1.29, 1.82) is 0 Å². The first-order valence-corrected chi connectivity index (χ1v) is 5.75. The van der Waals surface area contributed by atoms with Crippen LogP contribution >= 0.6 is 11.8 Å². The standard InChI is InChI=1S/C12H12F2OS/c1-8-5-6-11(13)10(12(8)14)4-3-7-16-9(2)15/h3-6H,7H2,1-2H3. The summed E-state index contributed by atoms with van der Waals surface area (Å²) in [6.07, 6.45) is 2.95. The largest absolute Gasteiger partial charge is 0.288 e. The normalized spacial score (nSPS) is 11.0. The van der Waals surface area contributed by atoms with Crippen molar-refractivity contribution < 1.29 is 13.6 Å². The topological polar surface area (TPSA) is 17.1 Å². The van der Waals surface area contributed by atoms with Gasteiger partial charge in [-0.15, -0.1) is 0 Å². The van der Waals surface area contributed by atoms with Crippen molar-refractivity contribution in [3.8, 4) is 0 Å². The summed E-state index contributed by atoms with van der Waals surface area (Å²) in [6, 6.07) is 2.63. The fraction of sp³-hybridized carbons (Fsp3) is 0.250. The van der Waals surface area contributed by atoms with Gasteiger partial charge in [-0.3, -0.25) is 4.79 Å². The summed E-state index contributed by atoms with van der Waals surface area (Å²) < 4.78 is 26.7. The summed E-state index contributed by atoms with van der Waals surface area (Å²) >= 11 is 1.10. The molecule has 1 aromatic carbocycles. The molecule has 0 aliphatic carbocycles. The van der Waals surface area contributed by atoms with Gasteiger partial charge >= 0.3 is 0 Å². The minimum Gasteiger partial charge on any atom is -0.288 e. The summed E-state index contributed by atoms with van der Waals surface area (Å²) in [6.45, 7) is 3.03. The number of rotatable bonds is 3. The van der Waals surface area contributed by atoms with E-state index in [1.165, 1.54) is 25.1 Å². The van der Waals surface area contributed by atoms with Crippen LogP contribution in [0.25, 0.3) is 6.08 Å². The van der Waals surface area contributed by atoms with E-state index in [-0.39, 0.29) is 10.7 Å². The van der Waals surface area contributed by atoms with Crippen molar-refractivity contribution in [3.63, 3.8) is 0 Å². The minimum absolute atomic E-state index is 0.0187. The van der Waals surface area contributed by atoms with Crippen molar-refractivity contribution in [3.05, 3.63) is 41.0 Å². The molecule has 0 saturated heterocycles. The molecule has 1 aromatic rings. The molecule has 0 aliphatic rings. The van der Waals surface area contributed by atoms with Gasteiger partial charge in [-0.05, 0) is 18.6 Å². The number of aryl methyl sites for hydroxylation is 1. The van der Waals surface area contributed by atoms with Crippen LogP contribution in [0, 0.1) is 18.6 Å². The molecule has 0 N–H and O–H groups in total. The quantitative estimate of drug-likeness (QED) is 0.806. The third kappa shape index (κ3) is 3.45. The SMILES string of the molecule is CC(=O)SCC=Cc1c(F)ccc(C)c1F. The predicted octanol–water partition coefficient (Wildman–Crippen LogP) is 3.57. The second kappa shape index (κ2) is 5.80. The molecule has 0 bridgehead atoms. The van der Waals surface area contributed by atoms with Crippen LogP contribution in [0.3, 0.4) is 0 Å². The van der Waals surface area contributed by atoms with E-state index < -0.39 is 11.6 Å². The molecular weight excluding hydrogens is 230 g/mol. The van der Waals surface area contributed by atoms with Gasteiger partial charge in [0.2, 0.25) is 0 Å². The van der Waals surface area contributed by atoms with Crippen LogP contribution in [0.4, 0.5) is 8.78 Å². The van der Waals surface area contributed by atoms with Gasteiger partial charge in [0.15, 0.2) is 5.12 Å². The molecule has 0 heterocycles. The maximum atomic E-state index is 13.5. The molecule has 0 fully saturated rings. The Morgan fingerprint density at radius 2 is 2.12 bits per heavy atom. The van der Waals surface area contributed by atoms with Crippen LogP contribution in [0.5, 0.6) is 0 Å². The van der Waals surface area contributed by atoms with Crippen LogP contribution in [-0.2, 0) is 4.79 Å². The van der Waals surface area contributed by atoms with E-state index in [1.807, 2.05) is 0 Å². The lowest BCUT2D eigenvalue weighted by molar-refractivity contribution is -0.109. The van der Waals surface area contributed by atoms with E-state index in [0.717, 1.165) is 11.8 Å². The van der Waals surface area contributed by atoms with E-state index >= 15 is 0 Å². The van der Waals surface area contributed by atoms with Crippen molar-refractivity contribution in [2.24, 2.45) is 0 Å². The van der Waals surface area contributed by atoms with Crippen LogP contribution in [0.15, 0.2) is 18.2 Å². The Bertz CT molecular complexity index is 427. The molecule has 86 valence electrons. The Hall–Kier alpha value is -1.16. The smallest absolute Gasteiger partial charge is 0.186 e. The van der Waals surface area contributed by atoms with Gasteiger partial charge in [0.25, 0.3) is 0 Å². The Balaban J connectivity index is 2.80. The highest BCUT2D eigenvalue weighted by molar-refractivity contribution is 8.13. The van der Waals surface area contributed by atoms with E-state index in [2.05, 4.69) is 0 Å². The summed E-state index contributed by atoms with van der Waals surface area (Å²) in [5.74, 6) is -0.724. The average Bonchev–Trinajstić information content (AvgIpc) is 2.22. The van der Waals surface area contributed by atoms with Crippen molar-refractivity contribution >= 4 is 23.0 Å². The molecule has 0 unspecified atom stereocenters. The molecule has 1 rings (SSSR count). The summed E-state index contributed by atoms with van der Waals surface area (Å²) in [5, 5.41) is -0.0187. The first kappa shape index (κ1) is 12.9. The van der Waals surface area contributed by atoms with Gasteiger partial charge in [0, 0.05) is 18.2 Å². The van der Waals surface area contributed by atoms with E-state index in [9.17, 15) is 13.6 Å². The zero-order valence-corrected chi connectivity index (χ0v) is 9.91. The van der Waals surface area contributed by atoms with E-state index in [4.69, 9.17) is 0 Å². The van der Waals surface area contributed by atoms with Crippen LogP contribution in [-0.4, -0.2) is 10.9 Å². The fourth-order valence-corrected chi connectivity index (χ4v) is 1.59. The maximum Gasteiger partial charge on any atom is 0.186 e. The van der Waals surface area contributed by atoms with Crippen molar-refractivity contribution in [2.45, 2.75) is 13.8 Å². The summed E-state index contributed by atoms with van der Waals surface area (Å²) in [7, 11) is 0. The molecule has 0 spiro atoms.